The molecule has 9 rings (SSSR count). The molecule has 0 fully saturated rings. The van der Waals surface area contributed by atoms with Crippen molar-refractivity contribution in [2.24, 2.45) is 5.73 Å². The van der Waals surface area contributed by atoms with Gasteiger partial charge in [-0.2, -0.15) is 0 Å². The average molecular weight is 569 g/mol. The zero-order chi connectivity index (χ0) is 29.8. The van der Waals surface area contributed by atoms with E-state index in [0.29, 0.717) is 0 Å². The molecule has 0 radical (unpaired) electrons. The lowest BCUT2D eigenvalue weighted by atomic mass is 9.55. The Morgan fingerprint density at radius 2 is 1.36 bits per heavy atom. The number of aryl methyl sites for hydroxylation is 1. The van der Waals surface area contributed by atoms with Crippen molar-refractivity contribution < 1.29 is 4.42 Å². The van der Waals surface area contributed by atoms with Gasteiger partial charge in [0.2, 0.25) is 0 Å². The van der Waals surface area contributed by atoms with E-state index in [1.54, 1.807) is 0 Å². The molecule has 0 saturated carbocycles. The first-order valence-electron chi connectivity index (χ1n) is 15.4. The molecule has 3 heteroatoms. The molecule has 3 N–H and O–H groups in total. The molecule has 6 aromatic rings. The molecule has 0 unspecified atom stereocenters. The Hall–Kier alpha value is -5.15. The molecule has 0 aliphatic heterocycles. The number of nitrogen functional groups attached to an aromatic ring is 1. The summed E-state index contributed by atoms with van der Waals surface area (Å²) in [5.74, 6) is 1.16. The van der Waals surface area contributed by atoms with Gasteiger partial charge < -0.3 is 10.2 Å². The highest BCUT2D eigenvalue weighted by Crippen LogP contribution is 2.62. The van der Waals surface area contributed by atoms with E-state index in [4.69, 9.17) is 15.6 Å². The number of para-hydroxylation sites is 1. The van der Waals surface area contributed by atoms with Gasteiger partial charge in [0.15, 0.2) is 0 Å². The highest BCUT2D eigenvalue weighted by molar-refractivity contribution is 6.06. The lowest BCUT2D eigenvalue weighted by Crippen LogP contribution is -2.40. The second-order valence-corrected chi connectivity index (χ2v) is 13.0. The van der Waals surface area contributed by atoms with E-state index in [-0.39, 0.29) is 11.3 Å². The van der Waals surface area contributed by atoms with E-state index < -0.39 is 5.41 Å². The fraction of sp³-hybridized carbons (Fsp3) is 0.146. The number of amidine groups is 1. The van der Waals surface area contributed by atoms with Gasteiger partial charge in [0.1, 0.15) is 17.2 Å². The van der Waals surface area contributed by atoms with Crippen LogP contribution in [0, 0.1) is 5.41 Å². The molecule has 3 aliphatic rings. The van der Waals surface area contributed by atoms with Crippen LogP contribution in [-0.2, 0) is 17.3 Å². The quantitative estimate of drug-likeness (QED) is 0.161. The predicted octanol–water partition coefficient (Wildman–Crippen LogP) is 9.21. The fourth-order valence-corrected chi connectivity index (χ4v) is 8.57. The third-order valence-electron chi connectivity index (χ3n) is 10.5. The van der Waals surface area contributed by atoms with Crippen molar-refractivity contribution in [3.63, 3.8) is 0 Å². The summed E-state index contributed by atoms with van der Waals surface area (Å²) in [6.45, 7) is 4.68. The molecule has 44 heavy (non-hydrogen) atoms. The number of allylic oxidation sites excluding steroid dienone is 1. The number of hydrogen-bond acceptors (Lipinski definition) is 2. The van der Waals surface area contributed by atoms with Crippen LogP contribution in [0.25, 0.3) is 33.7 Å². The summed E-state index contributed by atoms with van der Waals surface area (Å²) in [5, 5.41) is 9.81. The summed E-state index contributed by atoms with van der Waals surface area (Å²) >= 11 is 0. The molecule has 0 bridgehead atoms. The van der Waals surface area contributed by atoms with E-state index in [0.717, 1.165) is 40.9 Å². The zero-order valence-electron chi connectivity index (χ0n) is 24.9. The van der Waals surface area contributed by atoms with E-state index in [9.17, 15) is 0 Å². The van der Waals surface area contributed by atoms with E-state index in [2.05, 4.69) is 117 Å². The first-order valence-corrected chi connectivity index (χ1v) is 15.4. The summed E-state index contributed by atoms with van der Waals surface area (Å²) < 4.78 is 6.21. The van der Waals surface area contributed by atoms with Gasteiger partial charge in [0.05, 0.1) is 5.41 Å². The molecule has 1 heterocycles. The van der Waals surface area contributed by atoms with Gasteiger partial charge in [-0.25, -0.2) is 0 Å². The predicted molar refractivity (Wildman–Crippen MR) is 179 cm³/mol. The third-order valence-corrected chi connectivity index (χ3v) is 10.5. The van der Waals surface area contributed by atoms with Crippen LogP contribution in [0.5, 0.6) is 0 Å². The van der Waals surface area contributed by atoms with Gasteiger partial charge in [-0.15, -0.1) is 0 Å². The minimum absolute atomic E-state index is 0.0966. The van der Waals surface area contributed by atoms with E-state index in [1.807, 2.05) is 12.1 Å². The smallest absolute Gasteiger partial charge is 0.134 e. The minimum atomic E-state index is -0.508. The number of nitrogens with two attached hydrogens (primary N) is 1. The molecule has 1 aromatic heterocycles. The summed E-state index contributed by atoms with van der Waals surface area (Å²) in [7, 11) is 0. The van der Waals surface area contributed by atoms with Gasteiger partial charge in [-0.05, 0) is 80.3 Å². The Morgan fingerprint density at radius 1 is 0.705 bits per heavy atom. The van der Waals surface area contributed by atoms with E-state index >= 15 is 0 Å². The summed E-state index contributed by atoms with van der Waals surface area (Å²) in [4.78, 5) is 0. The van der Waals surface area contributed by atoms with Gasteiger partial charge in [-0.3, -0.25) is 5.41 Å². The number of furan rings is 1. The largest absolute Gasteiger partial charge is 0.460 e. The normalized spacial score (nSPS) is 16.5. The molecule has 5 aromatic carbocycles. The fourth-order valence-electron chi connectivity index (χ4n) is 8.57. The van der Waals surface area contributed by atoms with Crippen LogP contribution in [-0.4, -0.2) is 5.84 Å². The Kier molecular flexibility index (Phi) is 5.02. The first kappa shape index (κ1) is 25.4. The van der Waals surface area contributed by atoms with Crippen molar-refractivity contribution in [2.75, 3.05) is 0 Å². The third kappa shape index (κ3) is 3.09. The molecule has 0 saturated heterocycles. The van der Waals surface area contributed by atoms with Crippen LogP contribution in [0.1, 0.15) is 76.1 Å². The number of benzene rings is 5. The maximum Gasteiger partial charge on any atom is 0.134 e. The van der Waals surface area contributed by atoms with Crippen molar-refractivity contribution in [2.45, 2.75) is 37.5 Å². The van der Waals surface area contributed by atoms with Crippen molar-refractivity contribution >= 4 is 28.5 Å². The molecule has 0 amide bonds. The van der Waals surface area contributed by atoms with Crippen molar-refractivity contribution in [1.82, 2.24) is 0 Å². The van der Waals surface area contributed by atoms with Crippen molar-refractivity contribution in [3.05, 3.63) is 165 Å². The molecular formula is C41H32N2O. The summed E-state index contributed by atoms with van der Waals surface area (Å²) in [6, 6.07) is 39.6. The molecular weight excluding hydrogens is 536 g/mol. The number of fused-ring (bicyclic) bond motifs is 12. The Morgan fingerprint density at radius 3 is 2.09 bits per heavy atom. The van der Waals surface area contributed by atoms with E-state index in [1.165, 1.54) is 55.5 Å². The minimum Gasteiger partial charge on any atom is -0.460 e. The maximum absolute atomic E-state index is 8.65. The second kappa shape index (κ2) is 8.70. The SMILES string of the molecule is CC1(C)c2ccccc2C2(c3ccc(C4=Cc5c(oc6ccccc56)CC4)cc3-c3c(C(=N)N)cccc32)c2ccccc21. The average Bonchev–Trinajstić information content (AvgIpc) is 3.57. The van der Waals surface area contributed by atoms with Crippen molar-refractivity contribution in [3.8, 4) is 11.1 Å². The van der Waals surface area contributed by atoms with Crippen LogP contribution < -0.4 is 5.73 Å². The van der Waals surface area contributed by atoms with Crippen LogP contribution in [0.3, 0.4) is 0 Å². The van der Waals surface area contributed by atoms with Gasteiger partial charge in [-0.1, -0.05) is 111 Å². The first-order chi connectivity index (χ1) is 21.4. The molecule has 212 valence electrons. The molecule has 3 nitrogen and oxygen atoms in total. The lowest BCUT2D eigenvalue weighted by molar-refractivity contribution is 0.548. The standard InChI is InChI=1S/C41H32N2O/c1-40(2)31-12-4-6-14-33(31)41(34-15-7-5-13-32(34)40)30-20-18-24(23-29(30)38-27(39(42)43)11-9-16-35(38)41)25-19-21-37-28(22-25)26-10-3-8-17-36(26)44-37/h3-18,20,22-23H,19,21H2,1-2H3,(H3,42,43). The number of nitrogens with one attached hydrogen (secondary N) is 1. The highest BCUT2D eigenvalue weighted by atomic mass is 16.3. The molecule has 0 atom stereocenters. The van der Waals surface area contributed by atoms with Crippen molar-refractivity contribution in [1.29, 1.82) is 5.41 Å². The van der Waals surface area contributed by atoms with Crippen LogP contribution in [0.4, 0.5) is 0 Å². The second-order valence-electron chi connectivity index (χ2n) is 13.0. The van der Waals surface area contributed by atoms with Gasteiger partial charge >= 0.3 is 0 Å². The topological polar surface area (TPSA) is 63.0 Å². The van der Waals surface area contributed by atoms with Gasteiger partial charge in [0.25, 0.3) is 0 Å². The van der Waals surface area contributed by atoms with Crippen LogP contribution >= 0.6 is 0 Å². The zero-order valence-corrected chi connectivity index (χ0v) is 24.9. The Balaban J connectivity index is 1.36. The Labute approximate surface area is 257 Å². The summed E-state index contributed by atoms with van der Waals surface area (Å²) in [6.07, 6.45) is 4.11. The monoisotopic (exact) mass is 568 g/mol. The number of rotatable bonds is 2. The number of hydrogen-bond donors (Lipinski definition) is 2. The molecule has 3 aliphatic carbocycles. The molecule has 1 spiro atoms. The summed E-state index contributed by atoms with van der Waals surface area (Å²) in [5.41, 5.74) is 21.1. The highest BCUT2D eigenvalue weighted by Gasteiger charge is 2.53. The Bertz CT molecular complexity index is 2200. The lowest BCUT2D eigenvalue weighted by Gasteiger charge is -2.46. The maximum atomic E-state index is 8.65. The van der Waals surface area contributed by atoms with Crippen LogP contribution in [0.15, 0.2) is 114 Å². The van der Waals surface area contributed by atoms with Gasteiger partial charge in [0, 0.05) is 28.3 Å². The van der Waals surface area contributed by atoms with Crippen LogP contribution in [0.2, 0.25) is 0 Å².